The summed E-state index contributed by atoms with van der Waals surface area (Å²) in [5, 5.41) is 2.91. The van der Waals surface area contributed by atoms with Crippen LogP contribution in [0.3, 0.4) is 0 Å². The minimum Gasteiger partial charge on any atom is -0.462 e. The number of carbonyl (C=O) groups excluding carboxylic acids is 2. The summed E-state index contributed by atoms with van der Waals surface area (Å²) in [5.41, 5.74) is 0.519. The van der Waals surface area contributed by atoms with Gasteiger partial charge < -0.3 is 10.1 Å². The van der Waals surface area contributed by atoms with Crippen LogP contribution in [0, 0.1) is 18.6 Å². The summed E-state index contributed by atoms with van der Waals surface area (Å²) in [6.45, 7) is 3.66. The molecule has 0 aliphatic rings. The van der Waals surface area contributed by atoms with Crippen LogP contribution in [0.15, 0.2) is 24.3 Å². The van der Waals surface area contributed by atoms with Gasteiger partial charge >= 0.3 is 5.97 Å². The molecule has 0 radical (unpaired) electrons. The largest absolute Gasteiger partial charge is 0.462 e. The van der Waals surface area contributed by atoms with Crippen LogP contribution in [0.4, 0.5) is 13.8 Å². The van der Waals surface area contributed by atoms with Crippen molar-refractivity contribution in [3.8, 4) is 0 Å². The average molecular weight is 325 g/mol. The molecule has 0 aliphatic heterocycles. The van der Waals surface area contributed by atoms with Crippen molar-refractivity contribution < 1.29 is 23.1 Å². The molecule has 0 atom stereocenters. The molecule has 1 heterocycles. The highest BCUT2D eigenvalue weighted by Crippen LogP contribution is 2.27. The normalized spacial score (nSPS) is 10.4. The third-order valence-corrected chi connectivity index (χ3v) is 3.87. The maximum atomic E-state index is 13.1. The van der Waals surface area contributed by atoms with Crippen LogP contribution in [0.1, 0.15) is 32.5 Å². The molecule has 0 saturated carbocycles. The smallest absolute Gasteiger partial charge is 0.348 e. The summed E-state index contributed by atoms with van der Waals surface area (Å²) in [4.78, 5) is 24.1. The zero-order chi connectivity index (χ0) is 16.3. The quantitative estimate of drug-likeness (QED) is 0.871. The Morgan fingerprint density at radius 1 is 1.18 bits per heavy atom. The molecule has 2 rings (SSSR count). The van der Waals surface area contributed by atoms with Crippen LogP contribution in [0.25, 0.3) is 0 Å². The summed E-state index contributed by atoms with van der Waals surface area (Å²) in [7, 11) is 0. The SMILES string of the molecule is CCOC(=O)c1sc(NC(=O)c2cc(F)cc(F)c2)cc1C. The summed E-state index contributed by atoms with van der Waals surface area (Å²) in [6.07, 6.45) is 0. The topological polar surface area (TPSA) is 55.4 Å². The Hall–Kier alpha value is -2.28. The third kappa shape index (κ3) is 3.67. The van der Waals surface area contributed by atoms with E-state index in [2.05, 4.69) is 5.32 Å². The molecule has 1 aromatic carbocycles. The van der Waals surface area contributed by atoms with E-state index in [9.17, 15) is 18.4 Å². The second kappa shape index (κ2) is 6.65. The van der Waals surface area contributed by atoms with Crippen LogP contribution in [0.5, 0.6) is 0 Å². The van der Waals surface area contributed by atoms with E-state index in [1.54, 1.807) is 19.9 Å². The van der Waals surface area contributed by atoms with Gasteiger partial charge in [-0.25, -0.2) is 13.6 Å². The number of anilines is 1. The van der Waals surface area contributed by atoms with Crippen LogP contribution in [-0.2, 0) is 4.74 Å². The van der Waals surface area contributed by atoms with Gasteiger partial charge in [0.25, 0.3) is 5.91 Å². The van der Waals surface area contributed by atoms with E-state index in [0.717, 1.165) is 23.5 Å². The lowest BCUT2D eigenvalue weighted by molar-refractivity contribution is 0.0531. The van der Waals surface area contributed by atoms with Crippen LogP contribution < -0.4 is 5.32 Å². The molecule has 1 amide bonds. The highest BCUT2D eigenvalue weighted by atomic mass is 32.1. The molecule has 22 heavy (non-hydrogen) atoms. The number of rotatable bonds is 4. The zero-order valence-electron chi connectivity index (χ0n) is 11.9. The van der Waals surface area contributed by atoms with Gasteiger partial charge in [0.1, 0.15) is 16.5 Å². The van der Waals surface area contributed by atoms with Crippen molar-refractivity contribution >= 4 is 28.2 Å². The molecule has 0 bridgehead atoms. The van der Waals surface area contributed by atoms with Crippen molar-refractivity contribution in [1.29, 1.82) is 0 Å². The van der Waals surface area contributed by atoms with Gasteiger partial charge in [-0.1, -0.05) is 0 Å². The second-order valence-corrected chi connectivity index (χ2v) is 5.51. The second-order valence-electron chi connectivity index (χ2n) is 4.46. The van der Waals surface area contributed by atoms with E-state index < -0.39 is 23.5 Å². The molecule has 0 spiro atoms. The number of ether oxygens (including phenoxy) is 1. The van der Waals surface area contributed by atoms with Crippen molar-refractivity contribution in [3.63, 3.8) is 0 Å². The van der Waals surface area contributed by atoms with E-state index >= 15 is 0 Å². The van der Waals surface area contributed by atoms with Crippen molar-refractivity contribution in [2.24, 2.45) is 0 Å². The molecular weight excluding hydrogens is 312 g/mol. The molecule has 1 aromatic heterocycles. The molecule has 116 valence electrons. The highest BCUT2D eigenvalue weighted by molar-refractivity contribution is 7.18. The number of benzene rings is 1. The molecule has 0 unspecified atom stereocenters. The lowest BCUT2D eigenvalue weighted by atomic mass is 10.2. The number of hydrogen-bond donors (Lipinski definition) is 1. The molecule has 0 fully saturated rings. The van der Waals surface area contributed by atoms with Crippen LogP contribution >= 0.6 is 11.3 Å². The number of thiophene rings is 1. The Balaban J connectivity index is 2.18. The first-order chi connectivity index (χ1) is 10.4. The monoisotopic (exact) mass is 325 g/mol. The summed E-state index contributed by atoms with van der Waals surface area (Å²) < 4.78 is 31.1. The third-order valence-electron chi connectivity index (χ3n) is 2.74. The number of nitrogens with one attached hydrogen (secondary N) is 1. The maximum Gasteiger partial charge on any atom is 0.348 e. The summed E-state index contributed by atoms with van der Waals surface area (Å²) in [6, 6.07) is 4.16. The van der Waals surface area contributed by atoms with Gasteiger partial charge in [-0.15, -0.1) is 11.3 Å². The molecular formula is C15H13F2NO3S. The predicted octanol–water partition coefficient (Wildman–Crippen LogP) is 3.76. The lowest BCUT2D eigenvalue weighted by Crippen LogP contribution is -2.11. The van der Waals surface area contributed by atoms with E-state index in [4.69, 9.17) is 4.74 Å². The van der Waals surface area contributed by atoms with Crippen LogP contribution in [-0.4, -0.2) is 18.5 Å². The minimum absolute atomic E-state index is 0.138. The molecule has 0 saturated heterocycles. The van der Waals surface area contributed by atoms with Gasteiger partial charge in [-0.2, -0.15) is 0 Å². The van der Waals surface area contributed by atoms with Gasteiger partial charge in [0.05, 0.1) is 11.6 Å². The number of esters is 1. The Bertz CT molecular complexity index is 707. The van der Waals surface area contributed by atoms with E-state index in [-0.39, 0.29) is 12.2 Å². The van der Waals surface area contributed by atoms with Gasteiger partial charge in [0, 0.05) is 11.6 Å². The number of aryl methyl sites for hydroxylation is 1. The minimum atomic E-state index is -0.834. The predicted molar refractivity (Wildman–Crippen MR) is 79.3 cm³/mol. The molecule has 0 aliphatic carbocycles. The Morgan fingerprint density at radius 2 is 1.82 bits per heavy atom. The van der Waals surface area contributed by atoms with Crippen LogP contribution in [0.2, 0.25) is 0 Å². The Morgan fingerprint density at radius 3 is 2.41 bits per heavy atom. The van der Waals surface area contributed by atoms with Crippen molar-refractivity contribution in [2.75, 3.05) is 11.9 Å². The average Bonchev–Trinajstić information content (AvgIpc) is 2.78. The fraction of sp³-hybridized carbons (Fsp3) is 0.200. The van der Waals surface area contributed by atoms with Gasteiger partial charge in [-0.05, 0) is 37.6 Å². The zero-order valence-corrected chi connectivity index (χ0v) is 12.7. The van der Waals surface area contributed by atoms with Gasteiger partial charge in [-0.3, -0.25) is 4.79 Å². The molecule has 4 nitrogen and oxygen atoms in total. The van der Waals surface area contributed by atoms with Gasteiger partial charge in [0.2, 0.25) is 0 Å². The maximum absolute atomic E-state index is 13.1. The fourth-order valence-corrected chi connectivity index (χ4v) is 2.77. The fourth-order valence-electron chi connectivity index (χ4n) is 1.81. The number of halogens is 2. The first kappa shape index (κ1) is 16.1. The number of hydrogen-bond acceptors (Lipinski definition) is 4. The highest BCUT2D eigenvalue weighted by Gasteiger charge is 2.17. The van der Waals surface area contributed by atoms with Crippen molar-refractivity contribution in [2.45, 2.75) is 13.8 Å². The Kier molecular flexibility index (Phi) is 4.87. The van der Waals surface area contributed by atoms with E-state index in [1.165, 1.54) is 0 Å². The summed E-state index contributed by atoms with van der Waals surface area (Å²) in [5.74, 6) is -2.79. The lowest BCUT2D eigenvalue weighted by Gasteiger charge is -2.03. The first-order valence-electron chi connectivity index (χ1n) is 6.45. The van der Waals surface area contributed by atoms with Crippen molar-refractivity contribution in [3.05, 3.63) is 51.9 Å². The molecule has 1 N–H and O–H groups in total. The Labute approximate surface area is 129 Å². The molecule has 2 aromatic rings. The standard InChI is InChI=1S/C15H13F2NO3S/c1-3-21-15(20)13-8(2)4-12(22-13)18-14(19)9-5-10(16)7-11(17)6-9/h4-7H,3H2,1-2H3,(H,18,19). The summed E-state index contributed by atoms with van der Waals surface area (Å²) >= 11 is 1.04. The van der Waals surface area contributed by atoms with Gasteiger partial charge in [0.15, 0.2) is 0 Å². The van der Waals surface area contributed by atoms with E-state index in [1.807, 2.05) is 0 Å². The number of carbonyl (C=O) groups is 2. The molecule has 7 heteroatoms. The number of amides is 1. The van der Waals surface area contributed by atoms with Crippen molar-refractivity contribution in [1.82, 2.24) is 0 Å². The van der Waals surface area contributed by atoms with E-state index in [0.29, 0.717) is 21.5 Å². The first-order valence-corrected chi connectivity index (χ1v) is 7.27.